The number of carbonyl (C=O) groups excluding carboxylic acids is 1. The Hall–Kier alpha value is -1.16. The first-order valence-corrected chi connectivity index (χ1v) is 4.57. The van der Waals surface area contributed by atoms with E-state index in [0.717, 1.165) is 21.8 Å². The van der Waals surface area contributed by atoms with Gasteiger partial charge in [-0.1, -0.05) is 0 Å². The number of carbonyl (C=O) groups is 1. The van der Waals surface area contributed by atoms with Crippen LogP contribution in [-0.4, -0.2) is 15.8 Å². The molecular weight excluding hydrogens is 232 g/mol. The highest BCUT2D eigenvalue weighted by molar-refractivity contribution is 9.10. The number of fused-ring (bicyclic) bond motifs is 1. The smallest absolute Gasteiger partial charge is 0.150 e. The van der Waals surface area contributed by atoms with Crippen LogP contribution < -0.4 is 0 Å². The second kappa shape index (κ2) is 2.96. The third-order valence-electron chi connectivity index (χ3n) is 1.94. The van der Waals surface area contributed by atoms with Crippen molar-refractivity contribution in [2.24, 2.45) is 7.05 Å². The van der Waals surface area contributed by atoms with Crippen LogP contribution in [0.25, 0.3) is 11.0 Å². The molecule has 0 radical (unpaired) electrons. The Kier molecular flexibility index (Phi) is 1.92. The van der Waals surface area contributed by atoms with E-state index in [0.29, 0.717) is 5.56 Å². The molecule has 0 amide bonds. The molecule has 0 saturated heterocycles. The van der Waals surface area contributed by atoms with Gasteiger partial charge in [-0.25, -0.2) is 4.98 Å². The molecule has 2 aromatic rings. The molecule has 3 nitrogen and oxygen atoms in total. The third kappa shape index (κ3) is 1.27. The fourth-order valence-electron chi connectivity index (χ4n) is 1.28. The molecule has 0 saturated carbocycles. The van der Waals surface area contributed by atoms with E-state index >= 15 is 0 Å². The van der Waals surface area contributed by atoms with Gasteiger partial charge in [0.2, 0.25) is 0 Å². The van der Waals surface area contributed by atoms with Gasteiger partial charge in [-0.3, -0.25) is 4.79 Å². The number of aldehydes is 1. The zero-order chi connectivity index (χ0) is 9.42. The number of nitrogens with zero attached hydrogens (tertiary/aromatic N) is 2. The van der Waals surface area contributed by atoms with Crippen LogP contribution in [0.3, 0.4) is 0 Å². The average Bonchev–Trinajstić information content (AvgIpc) is 2.48. The van der Waals surface area contributed by atoms with Crippen molar-refractivity contribution < 1.29 is 4.79 Å². The van der Waals surface area contributed by atoms with Gasteiger partial charge in [-0.2, -0.15) is 0 Å². The normalized spacial score (nSPS) is 10.6. The van der Waals surface area contributed by atoms with E-state index in [-0.39, 0.29) is 0 Å². The van der Waals surface area contributed by atoms with Gasteiger partial charge < -0.3 is 4.57 Å². The molecule has 13 heavy (non-hydrogen) atoms. The van der Waals surface area contributed by atoms with Crippen molar-refractivity contribution in [3.05, 3.63) is 28.5 Å². The molecule has 0 bridgehead atoms. The lowest BCUT2D eigenvalue weighted by atomic mass is 10.2. The molecule has 0 aliphatic heterocycles. The first-order valence-electron chi connectivity index (χ1n) is 3.78. The molecule has 1 aromatic carbocycles. The summed E-state index contributed by atoms with van der Waals surface area (Å²) in [5, 5.41) is 0. The lowest BCUT2D eigenvalue weighted by molar-refractivity contribution is 0.112. The van der Waals surface area contributed by atoms with Crippen molar-refractivity contribution in [3.63, 3.8) is 0 Å². The molecule has 2 rings (SSSR count). The highest BCUT2D eigenvalue weighted by Gasteiger charge is 2.05. The second-order valence-corrected chi connectivity index (χ2v) is 3.70. The number of hydrogen-bond donors (Lipinski definition) is 0. The number of aromatic nitrogens is 2. The summed E-state index contributed by atoms with van der Waals surface area (Å²) in [5.74, 6) is 0. The van der Waals surface area contributed by atoms with Crippen LogP contribution in [0.4, 0.5) is 0 Å². The number of aryl methyl sites for hydroxylation is 1. The minimum absolute atomic E-state index is 0.656. The van der Waals surface area contributed by atoms with E-state index in [1.807, 2.05) is 17.7 Å². The second-order valence-electron chi connectivity index (χ2n) is 2.84. The fraction of sp³-hybridized carbons (Fsp3) is 0.111. The Bertz CT molecular complexity index is 476. The van der Waals surface area contributed by atoms with Crippen LogP contribution in [0, 0.1) is 0 Å². The van der Waals surface area contributed by atoms with Crippen LogP contribution in [0.2, 0.25) is 0 Å². The molecular formula is C9H7BrN2O. The predicted octanol–water partition coefficient (Wildman–Crippen LogP) is 2.15. The van der Waals surface area contributed by atoms with Gasteiger partial charge in [0.15, 0.2) is 0 Å². The molecule has 0 unspecified atom stereocenters. The van der Waals surface area contributed by atoms with Crippen molar-refractivity contribution in [1.29, 1.82) is 0 Å². The minimum Gasteiger partial charge on any atom is -0.334 e. The Labute approximate surface area is 83.5 Å². The molecule has 0 spiro atoms. The Morgan fingerprint density at radius 3 is 3.00 bits per heavy atom. The number of hydrogen-bond acceptors (Lipinski definition) is 2. The zero-order valence-electron chi connectivity index (χ0n) is 6.99. The first-order chi connectivity index (χ1) is 6.22. The van der Waals surface area contributed by atoms with Crippen molar-refractivity contribution in [1.82, 2.24) is 9.55 Å². The van der Waals surface area contributed by atoms with Crippen molar-refractivity contribution in [2.45, 2.75) is 0 Å². The predicted molar refractivity (Wildman–Crippen MR) is 53.8 cm³/mol. The molecule has 0 atom stereocenters. The van der Waals surface area contributed by atoms with Crippen LogP contribution in [0.1, 0.15) is 10.4 Å². The largest absolute Gasteiger partial charge is 0.334 e. The summed E-state index contributed by atoms with van der Waals surface area (Å²) < 4.78 is 2.74. The summed E-state index contributed by atoms with van der Waals surface area (Å²) in [6.45, 7) is 0. The Morgan fingerprint density at radius 2 is 2.31 bits per heavy atom. The SMILES string of the molecule is Cn1cnc2c(Br)cc(C=O)cc21. The van der Waals surface area contributed by atoms with Crippen molar-refractivity contribution >= 4 is 33.2 Å². The third-order valence-corrected chi connectivity index (χ3v) is 2.55. The van der Waals surface area contributed by atoms with Gasteiger partial charge in [-0.05, 0) is 28.1 Å². The lowest BCUT2D eigenvalue weighted by Gasteiger charge is -1.97. The average molecular weight is 239 g/mol. The van der Waals surface area contributed by atoms with E-state index in [1.54, 1.807) is 12.4 Å². The van der Waals surface area contributed by atoms with E-state index in [9.17, 15) is 4.79 Å². The van der Waals surface area contributed by atoms with E-state index in [2.05, 4.69) is 20.9 Å². The monoisotopic (exact) mass is 238 g/mol. The summed E-state index contributed by atoms with van der Waals surface area (Å²) in [5.41, 5.74) is 2.49. The highest BCUT2D eigenvalue weighted by Crippen LogP contribution is 2.23. The van der Waals surface area contributed by atoms with Crippen LogP contribution in [0.15, 0.2) is 22.9 Å². The maximum absolute atomic E-state index is 10.6. The highest BCUT2D eigenvalue weighted by atomic mass is 79.9. The summed E-state index contributed by atoms with van der Waals surface area (Å²) in [7, 11) is 1.90. The molecule has 1 heterocycles. The molecule has 4 heteroatoms. The lowest BCUT2D eigenvalue weighted by Crippen LogP contribution is -1.86. The summed E-state index contributed by atoms with van der Waals surface area (Å²) in [6.07, 6.45) is 2.56. The van der Waals surface area contributed by atoms with Gasteiger partial charge in [0, 0.05) is 17.1 Å². The van der Waals surface area contributed by atoms with E-state index in [1.165, 1.54) is 0 Å². The first kappa shape index (κ1) is 8.44. The number of rotatable bonds is 1. The molecule has 0 aliphatic carbocycles. The van der Waals surface area contributed by atoms with Gasteiger partial charge >= 0.3 is 0 Å². The summed E-state index contributed by atoms with van der Waals surface area (Å²) >= 11 is 3.37. The standard InChI is InChI=1S/C9H7BrN2O/c1-12-5-11-9-7(10)2-6(4-13)3-8(9)12/h2-5H,1H3. The van der Waals surface area contributed by atoms with Crippen LogP contribution in [-0.2, 0) is 7.05 Å². The van der Waals surface area contributed by atoms with Gasteiger partial charge in [0.05, 0.1) is 11.8 Å². The maximum Gasteiger partial charge on any atom is 0.150 e. The fourth-order valence-corrected chi connectivity index (χ4v) is 1.85. The van der Waals surface area contributed by atoms with Gasteiger partial charge in [0.25, 0.3) is 0 Å². The molecule has 0 fully saturated rings. The number of benzene rings is 1. The van der Waals surface area contributed by atoms with Gasteiger partial charge in [-0.15, -0.1) is 0 Å². The van der Waals surface area contributed by atoms with Crippen LogP contribution >= 0.6 is 15.9 Å². The zero-order valence-corrected chi connectivity index (χ0v) is 8.58. The topological polar surface area (TPSA) is 34.9 Å². The molecule has 66 valence electrons. The number of imidazole rings is 1. The van der Waals surface area contributed by atoms with E-state index in [4.69, 9.17) is 0 Å². The maximum atomic E-state index is 10.6. The molecule has 1 aromatic heterocycles. The minimum atomic E-state index is 0.656. The van der Waals surface area contributed by atoms with Gasteiger partial charge in [0.1, 0.15) is 11.8 Å². The molecule has 0 N–H and O–H groups in total. The Morgan fingerprint density at radius 1 is 1.54 bits per heavy atom. The summed E-state index contributed by atoms with van der Waals surface area (Å²) in [6, 6.07) is 3.59. The summed E-state index contributed by atoms with van der Waals surface area (Å²) in [4.78, 5) is 14.8. The quantitative estimate of drug-likeness (QED) is 0.714. The van der Waals surface area contributed by atoms with Crippen molar-refractivity contribution in [3.8, 4) is 0 Å². The van der Waals surface area contributed by atoms with Crippen molar-refractivity contribution in [2.75, 3.05) is 0 Å². The number of halogens is 1. The van der Waals surface area contributed by atoms with Crippen LogP contribution in [0.5, 0.6) is 0 Å². The molecule has 0 aliphatic rings. The Balaban J connectivity index is 2.87. The van der Waals surface area contributed by atoms with E-state index < -0.39 is 0 Å².